The van der Waals surface area contributed by atoms with Crippen molar-refractivity contribution >= 4 is 33.7 Å². The molecule has 10 heavy (non-hydrogen) atoms. The van der Waals surface area contributed by atoms with Crippen molar-refractivity contribution in [1.29, 1.82) is 0 Å². The summed E-state index contributed by atoms with van der Waals surface area (Å²) in [6.45, 7) is 0. The van der Waals surface area contributed by atoms with Gasteiger partial charge in [-0.05, 0) is 24.3 Å². The van der Waals surface area contributed by atoms with Gasteiger partial charge in [0.25, 0.3) is 0 Å². The minimum atomic E-state index is -0.201. The Labute approximate surface area is 73.0 Å². The predicted octanol–water partition coefficient (Wildman–Crippen LogP) is 2.52. The zero-order chi connectivity index (χ0) is 7.56. The fourth-order valence-corrected chi connectivity index (χ4v) is 1.01. The SMILES string of the molecule is O=C(S)c1ccc(Br)cc1. The van der Waals surface area contributed by atoms with E-state index in [0.29, 0.717) is 5.56 Å². The molecule has 0 saturated heterocycles. The summed E-state index contributed by atoms with van der Waals surface area (Å²) in [4.78, 5) is 10.6. The molecule has 0 saturated carbocycles. The van der Waals surface area contributed by atoms with E-state index < -0.39 is 0 Å². The third-order valence-corrected chi connectivity index (χ3v) is 1.88. The van der Waals surface area contributed by atoms with Crippen LogP contribution in [0.4, 0.5) is 0 Å². The van der Waals surface area contributed by atoms with Crippen molar-refractivity contribution in [3.05, 3.63) is 34.3 Å². The lowest BCUT2D eigenvalue weighted by molar-refractivity contribution is 0.109. The fourth-order valence-electron chi connectivity index (χ4n) is 0.592. The summed E-state index contributed by atoms with van der Waals surface area (Å²) in [5, 5.41) is -0.201. The normalized spacial score (nSPS) is 9.40. The van der Waals surface area contributed by atoms with E-state index >= 15 is 0 Å². The molecule has 0 fully saturated rings. The summed E-state index contributed by atoms with van der Waals surface area (Å²) in [5.74, 6) is 0. The Morgan fingerprint density at radius 1 is 1.30 bits per heavy atom. The highest BCUT2D eigenvalue weighted by atomic mass is 79.9. The Balaban J connectivity index is 3.00. The molecule has 0 heterocycles. The topological polar surface area (TPSA) is 17.1 Å². The van der Waals surface area contributed by atoms with Crippen molar-refractivity contribution in [1.82, 2.24) is 0 Å². The number of rotatable bonds is 1. The average molecular weight is 217 g/mol. The van der Waals surface area contributed by atoms with E-state index in [2.05, 4.69) is 28.6 Å². The second-order valence-corrected chi connectivity index (χ2v) is 3.13. The molecule has 0 N–H and O–H groups in total. The van der Waals surface area contributed by atoms with Gasteiger partial charge in [0.15, 0.2) is 0 Å². The Morgan fingerprint density at radius 2 is 1.80 bits per heavy atom. The van der Waals surface area contributed by atoms with Gasteiger partial charge in [-0.2, -0.15) is 0 Å². The smallest absolute Gasteiger partial charge is 0.216 e. The van der Waals surface area contributed by atoms with Crippen LogP contribution in [0, 0.1) is 0 Å². The van der Waals surface area contributed by atoms with Crippen LogP contribution in [-0.2, 0) is 0 Å². The van der Waals surface area contributed by atoms with Crippen LogP contribution >= 0.6 is 28.6 Å². The van der Waals surface area contributed by atoms with Gasteiger partial charge >= 0.3 is 0 Å². The van der Waals surface area contributed by atoms with Crippen molar-refractivity contribution in [3.8, 4) is 0 Å². The fraction of sp³-hybridized carbons (Fsp3) is 0. The standard InChI is InChI=1S/C7H5BrOS/c8-6-3-1-5(2-4-6)7(9)10/h1-4H,(H,9,10). The van der Waals surface area contributed by atoms with Crippen LogP contribution < -0.4 is 0 Å². The first-order chi connectivity index (χ1) is 4.70. The number of carbonyl (C=O) groups is 1. The zero-order valence-electron chi connectivity index (χ0n) is 5.04. The third kappa shape index (κ3) is 1.85. The van der Waals surface area contributed by atoms with Gasteiger partial charge in [-0.25, -0.2) is 0 Å². The Kier molecular flexibility index (Phi) is 2.51. The van der Waals surface area contributed by atoms with Crippen LogP contribution in [0.1, 0.15) is 10.4 Å². The molecule has 0 amide bonds. The number of carbonyl (C=O) groups excluding carboxylic acids is 1. The first-order valence-corrected chi connectivity index (χ1v) is 3.93. The summed E-state index contributed by atoms with van der Waals surface area (Å²) in [6, 6.07) is 7.06. The molecule has 3 heteroatoms. The summed E-state index contributed by atoms with van der Waals surface area (Å²) in [7, 11) is 0. The minimum absolute atomic E-state index is 0.201. The highest BCUT2D eigenvalue weighted by Gasteiger charge is 1.96. The molecule has 0 atom stereocenters. The van der Waals surface area contributed by atoms with Gasteiger partial charge in [-0.3, -0.25) is 4.79 Å². The molecule has 0 spiro atoms. The molecule has 0 aliphatic rings. The highest BCUT2D eigenvalue weighted by Crippen LogP contribution is 2.11. The summed E-state index contributed by atoms with van der Waals surface area (Å²) >= 11 is 6.93. The molecule has 0 aliphatic carbocycles. The molecule has 0 aliphatic heterocycles. The molecule has 1 rings (SSSR count). The van der Waals surface area contributed by atoms with Gasteiger partial charge in [0, 0.05) is 10.0 Å². The van der Waals surface area contributed by atoms with Gasteiger partial charge in [0.1, 0.15) is 0 Å². The maximum Gasteiger partial charge on any atom is 0.216 e. The number of halogens is 1. The average Bonchev–Trinajstić information content (AvgIpc) is 1.88. The van der Waals surface area contributed by atoms with Crippen LogP contribution in [0.2, 0.25) is 0 Å². The minimum Gasteiger partial charge on any atom is -0.282 e. The van der Waals surface area contributed by atoms with Crippen molar-refractivity contribution in [2.24, 2.45) is 0 Å². The molecular formula is C7H5BrOS. The molecule has 0 radical (unpaired) electrons. The van der Waals surface area contributed by atoms with Crippen molar-refractivity contribution in [2.45, 2.75) is 0 Å². The van der Waals surface area contributed by atoms with Gasteiger partial charge in [-0.1, -0.05) is 15.9 Å². The largest absolute Gasteiger partial charge is 0.282 e. The molecule has 0 bridgehead atoms. The van der Waals surface area contributed by atoms with Crippen LogP contribution in [0.15, 0.2) is 28.7 Å². The second kappa shape index (κ2) is 3.21. The van der Waals surface area contributed by atoms with E-state index in [0.717, 1.165) is 4.47 Å². The van der Waals surface area contributed by atoms with Gasteiger partial charge < -0.3 is 0 Å². The first kappa shape index (κ1) is 7.82. The van der Waals surface area contributed by atoms with E-state index in [4.69, 9.17) is 0 Å². The zero-order valence-corrected chi connectivity index (χ0v) is 7.52. The number of hydrogen-bond donors (Lipinski definition) is 1. The van der Waals surface area contributed by atoms with Crippen LogP contribution in [-0.4, -0.2) is 5.12 Å². The van der Waals surface area contributed by atoms with E-state index in [-0.39, 0.29) is 5.12 Å². The summed E-state index contributed by atoms with van der Waals surface area (Å²) in [6.07, 6.45) is 0. The Bertz CT molecular complexity index is 242. The third-order valence-electron chi connectivity index (χ3n) is 1.09. The van der Waals surface area contributed by atoms with Crippen molar-refractivity contribution in [2.75, 3.05) is 0 Å². The quantitative estimate of drug-likeness (QED) is 0.715. The number of hydrogen-bond acceptors (Lipinski definition) is 1. The molecule has 1 aromatic rings. The Morgan fingerprint density at radius 3 is 2.20 bits per heavy atom. The van der Waals surface area contributed by atoms with Gasteiger partial charge in [-0.15, -0.1) is 12.6 Å². The Hall–Kier alpha value is -0.280. The number of thiol groups is 1. The molecular weight excluding hydrogens is 212 g/mol. The van der Waals surface area contributed by atoms with Gasteiger partial charge in [0.05, 0.1) is 0 Å². The molecule has 1 nitrogen and oxygen atoms in total. The van der Waals surface area contributed by atoms with E-state index in [1.807, 2.05) is 12.1 Å². The van der Waals surface area contributed by atoms with Gasteiger partial charge in [0.2, 0.25) is 5.12 Å². The predicted molar refractivity (Wildman–Crippen MR) is 47.5 cm³/mol. The van der Waals surface area contributed by atoms with E-state index in [9.17, 15) is 4.79 Å². The monoisotopic (exact) mass is 216 g/mol. The van der Waals surface area contributed by atoms with Crippen LogP contribution in [0.25, 0.3) is 0 Å². The lowest BCUT2D eigenvalue weighted by atomic mass is 10.2. The maximum atomic E-state index is 10.6. The number of benzene rings is 1. The molecule has 52 valence electrons. The molecule has 0 unspecified atom stereocenters. The van der Waals surface area contributed by atoms with Crippen LogP contribution in [0.3, 0.4) is 0 Å². The first-order valence-electron chi connectivity index (χ1n) is 2.69. The van der Waals surface area contributed by atoms with E-state index in [1.54, 1.807) is 12.1 Å². The highest BCUT2D eigenvalue weighted by molar-refractivity contribution is 9.10. The van der Waals surface area contributed by atoms with Crippen molar-refractivity contribution in [3.63, 3.8) is 0 Å². The second-order valence-electron chi connectivity index (χ2n) is 1.81. The lowest BCUT2D eigenvalue weighted by Crippen LogP contribution is -1.85. The molecule has 1 aromatic carbocycles. The summed E-state index contributed by atoms with van der Waals surface area (Å²) in [5.41, 5.74) is 0.617. The summed E-state index contributed by atoms with van der Waals surface area (Å²) < 4.78 is 0.964. The molecule has 0 aromatic heterocycles. The van der Waals surface area contributed by atoms with Crippen LogP contribution in [0.5, 0.6) is 0 Å². The van der Waals surface area contributed by atoms with Crippen molar-refractivity contribution < 1.29 is 4.79 Å². The maximum absolute atomic E-state index is 10.6. The van der Waals surface area contributed by atoms with E-state index in [1.165, 1.54) is 0 Å². The lowest BCUT2D eigenvalue weighted by Gasteiger charge is -1.92.